The molecule has 2 amide bonds. The van der Waals surface area contributed by atoms with Gasteiger partial charge in [-0.05, 0) is 42.7 Å². The zero-order valence-corrected chi connectivity index (χ0v) is 23.7. The van der Waals surface area contributed by atoms with Crippen LogP contribution in [0.15, 0.2) is 77.3 Å². The van der Waals surface area contributed by atoms with Gasteiger partial charge in [-0.25, -0.2) is 0 Å². The highest BCUT2D eigenvalue weighted by Gasteiger charge is 2.31. The van der Waals surface area contributed by atoms with Crippen molar-refractivity contribution in [1.82, 2.24) is 10.2 Å². The summed E-state index contributed by atoms with van der Waals surface area (Å²) < 4.78 is 11.7. The minimum absolute atomic E-state index is 0.0193. The lowest BCUT2D eigenvalue weighted by atomic mass is 10.0. The Kier molecular flexibility index (Phi) is 10.9. The topological polar surface area (TPSA) is 111 Å². The largest absolute Gasteiger partial charge is 0.490 e. The number of nitro groups is 1. The molecular formula is C29H32BrN3O6. The van der Waals surface area contributed by atoms with Gasteiger partial charge in [0.15, 0.2) is 6.61 Å². The first-order valence-corrected chi connectivity index (χ1v) is 13.3. The van der Waals surface area contributed by atoms with Crippen LogP contribution in [0.3, 0.4) is 0 Å². The van der Waals surface area contributed by atoms with Crippen molar-refractivity contribution >= 4 is 33.4 Å². The summed E-state index contributed by atoms with van der Waals surface area (Å²) in [5.74, 6) is -0.413. The molecule has 0 spiro atoms. The van der Waals surface area contributed by atoms with Crippen molar-refractivity contribution in [3.8, 4) is 11.5 Å². The second-order valence-corrected chi connectivity index (χ2v) is 9.97. The van der Waals surface area contributed by atoms with Crippen LogP contribution in [0.5, 0.6) is 11.5 Å². The third-order valence-corrected chi connectivity index (χ3v) is 6.72. The van der Waals surface area contributed by atoms with Gasteiger partial charge in [0, 0.05) is 35.6 Å². The normalized spacial score (nSPS) is 12.2. The molecule has 0 bridgehead atoms. The molecule has 0 saturated carbocycles. The minimum Gasteiger partial charge on any atom is -0.490 e. The SMILES string of the molecule is CC[C@H](C)NC(=O)[C@@H](Cc1ccccc1)N(Cc1cccc(Br)c1)C(=O)COc1ccc([N+](=O)[O-])c(OC)c1. The smallest absolute Gasteiger partial charge is 0.311 e. The highest BCUT2D eigenvalue weighted by atomic mass is 79.9. The number of benzene rings is 3. The molecule has 0 aliphatic heterocycles. The van der Waals surface area contributed by atoms with Crippen LogP contribution in [0, 0.1) is 10.1 Å². The number of carbonyl (C=O) groups excluding carboxylic acids is 2. The highest BCUT2D eigenvalue weighted by Crippen LogP contribution is 2.31. The van der Waals surface area contributed by atoms with Crippen LogP contribution in [0.4, 0.5) is 5.69 Å². The van der Waals surface area contributed by atoms with Crippen LogP contribution < -0.4 is 14.8 Å². The standard InChI is InChI=1S/C29H32BrN3O6/c1-4-20(2)31-29(35)26(16-21-9-6-5-7-10-21)32(18-22-11-8-12-23(30)15-22)28(34)19-39-24-13-14-25(33(36)37)27(17-24)38-3/h5-15,17,20,26H,4,16,18-19H2,1-3H3,(H,31,35)/t20-,26+/m0/s1. The first kappa shape index (κ1) is 29.6. The number of amides is 2. The monoisotopic (exact) mass is 597 g/mol. The maximum Gasteiger partial charge on any atom is 0.311 e. The number of ether oxygens (including phenoxy) is 2. The summed E-state index contributed by atoms with van der Waals surface area (Å²) in [4.78, 5) is 39.4. The molecular weight excluding hydrogens is 566 g/mol. The van der Waals surface area contributed by atoms with Crippen molar-refractivity contribution in [2.75, 3.05) is 13.7 Å². The van der Waals surface area contributed by atoms with E-state index < -0.39 is 16.9 Å². The molecule has 0 aromatic heterocycles. The second kappa shape index (κ2) is 14.3. The molecule has 9 nitrogen and oxygen atoms in total. The fourth-order valence-corrected chi connectivity index (χ4v) is 4.40. The number of rotatable bonds is 13. The van der Waals surface area contributed by atoms with Crippen LogP contribution in [0.1, 0.15) is 31.4 Å². The molecule has 0 aliphatic carbocycles. The summed E-state index contributed by atoms with van der Waals surface area (Å²) in [7, 11) is 1.32. The summed E-state index contributed by atoms with van der Waals surface area (Å²) >= 11 is 3.47. The molecule has 0 aliphatic rings. The van der Waals surface area contributed by atoms with E-state index in [9.17, 15) is 19.7 Å². The van der Waals surface area contributed by atoms with E-state index in [0.717, 1.165) is 22.0 Å². The second-order valence-electron chi connectivity index (χ2n) is 9.05. The molecule has 2 atom stereocenters. The third kappa shape index (κ3) is 8.54. The van der Waals surface area contributed by atoms with Crippen LogP contribution in [0.25, 0.3) is 0 Å². The number of hydrogen-bond donors (Lipinski definition) is 1. The first-order chi connectivity index (χ1) is 18.7. The van der Waals surface area contributed by atoms with Gasteiger partial charge in [0.1, 0.15) is 11.8 Å². The molecule has 39 heavy (non-hydrogen) atoms. The van der Waals surface area contributed by atoms with E-state index in [1.54, 1.807) is 0 Å². The maximum absolute atomic E-state index is 13.7. The highest BCUT2D eigenvalue weighted by molar-refractivity contribution is 9.10. The summed E-state index contributed by atoms with van der Waals surface area (Å²) in [6.45, 7) is 3.70. The van der Waals surface area contributed by atoms with Crippen molar-refractivity contribution in [3.63, 3.8) is 0 Å². The fraction of sp³-hybridized carbons (Fsp3) is 0.310. The molecule has 206 valence electrons. The predicted octanol–water partition coefficient (Wildman–Crippen LogP) is 5.30. The van der Waals surface area contributed by atoms with Gasteiger partial charge in [-0.15, -0.1) is 0 Å². The summed E-state index contributed by atoms with van der Waals surface area (Å²) in [5.41, 5.74) is 1.54. The lowest BCUT2D eigenvalue weighted by Crippen LogP contribution is -2.53. The molecule has 1 N–H and O–H groups in total. The van der Waals surface area contributed by atoms with E-state index in [0.29, 0.717) is 6.42 Å². The number of hydrogen-bond acceptors (Lipinski definition) is 6. The zero-order valence-electron chi connectivity index (χ0n) is 22.1. The average Bonchev–Trinajstić information content (AvgIpc) is 2.93. The lowest BCUT2D eigenvalue weighted by Gasteiger charge is -2.32. The van der Waals surface area contributed by atoms with Crippen molar-refractivity contribution < 1.29 is 24.0 Å². The molecule has 0 heterocycles. The van der Waals surface area contributed by atoms with Crippen molar-refractivity contribution in [3.05, 3.63) is 98.5 Å². The van der Waals surface area contributed by atoms with E-state index in [-0.39, 0.29) is 42.3 Å². The summed E-state index contributed by atoms with van der Waals surface area (Å²) in [6.07, 6.45) is 1.06. The van der Waals surface area contributed by atoms with Crippen LogP contribution in [-0.4, -0.2) is 47.4 Å². The molecule has 3 rings (SSSR count). The van der Waals surface area contributed by atoms with Gasteiger partial charge in [-0.1, -0.05) is 65.3 Å². The van der Waals surface area contributed by atoms with Crippen molar-refractivity contribution in [2.24, 2.45) is 0 Å². The van der Waals surface area contributed by atoms with Crippen molar-refractivity contribution in [1.29, 1.82) is 0 Å². The lowest BCUT2D eigenvalue weighted by molar-refractivity contribution is -0.385. The fourth-order valence-electron chi connectivity index (χ4n) is 3.95. The number of carbonyl (C=O) groups is 2. The first-order valence-electron chi connectivity index (χ1n) is 12.5. The van der Waals surface area contributed by atoms with E-state index in [2.05, 4.69) is 21.2 Å². The van der Waals surface area contributed by atoms with Gasteiger partial charge in [0.05, 0.1) is 12.0 Å². The summed E-state index contributed by atoms with van der Waals surface area (Å²) in [6, 6.07) is 20.2. The third-order valence-electron chi connectivity index (χ3n) is 6.22. The Morgan fingerprint density at radius 2 is 1.77 bits per heavy atom. The molecule has 3 aromatic carbocycles. The Morgan fingerprint density at radius 3 is 2.41 bits per heavy atom. The van der Waals surface area contributed by atoms with E-state index in [4.69, 9.17) is 9.47 Å². The van der Waals surface area contributed by atoms with Gasteiger partial charge < -0.3 is 19.7 Å². The molecule has 0 saturated heterocycles. The van der Waals surface area contributed by atoms with Crippen LogP contribution in [0.2, 0.25) is 0 Å². The Balaban J connectivity index is 1.92. The van der Waals surface area contributed by atoms with Gasteiger partial charge in [-0.3, -0.25) is 19.7 Å². The number of halogens is 1. The Morgan fingerprint density at radius 1 is 1.05 bits per heavy atom. The van der Waals surface area contributed by atoms with Crippen LogP contribution in [-0.2, 0) is 22.6 Å². The maximum atomic E-state index is 13.7. The van der Waals surface area contributed by atoms with Gasteiger partial charge in [0.2, 0.25) is 11.7 Å². The minimum atomic E-state index is -0.803. The van der Waals surface area contributed by atoms with E-state index >= 15 is 0 Å². The predicted molar refractivity (Wildman–Crippen MR) is 152 cm³/mol. The van der Waals surface area contributed by atoms with Gasteiger partial charge >= 0.3 is 5.69 Å². The Bertz CT molecular complexity index is 1290. The van der Waals surface area contributed by atoms with Gasteiger partial charge in [-0.2, -0.15) is 0 Å². The number of nitro benzene ring substituents is 1. The molecule has 0 radical (unpaired) electrons. The molecule has 3 aromatic rings. The van der Waals surface area contributed by atoms with E-state index in [1.165, 1.54) is 30.2 Å². The van der Waals surface area contributed by atoms with Gasteiger partial charge in [0.25, 0.3) is 5.91 Å². The Hall–Kier alpha value is -3.92. The summed E-state index contributed by atoms with van der Waals surface area (Å²) in [5, 5.41) is 14.2. The van der Waals surface area contributed by atoms with E-state index in [1.807, 2.05) is 68.4 Å². The quantitative estimate of drug-likeness (QED) is 0.211. The zero-order chi connectivity index (χ0) is 28.4. The van der Waals surface area contributed by atoms with Crippen LogP contribution >= 0.6 is 15.9 Å². The average molecular weight is 598 g/mol. The Labute approximate surface area is 236 Å². The molecule has 0 fully saturated rings. The number of methoxy groups -OCH3 is 1. The number of nitrogens with one attached hydrogen (secondary N) is 1. The number of nitrogens with zero attached hydrogens (tertiary/aromatic N) is 2. The molecule has 0 unspecified atom stereocenters. The molecule has 10 heteroatoms. The van der Waals surface area contributed by atoms with Crippen molar-refractivity contribution in [2.45, 2.75) is 45.3 Å².